The van der Waals surface area contributed by atoms with E-state index in [1.54, 1.807) is 14.2 Å². The molecule has 2 aromatic carbocycles. The number of hydrogen-bond donors (Lipinski definition) is 2. The summed E-state index contributed by atoms with van der Waals surface area (Å²) in [6, 6.07) is 12.6. The molecule has 0 saturated carbocycles. The van der Waals surface area contributed by atoms with E-state index in [4.69, 9.17) is 14.2 Å². The minimum absolute atomic E-state index is 0.103. The second-order valence-electron chi connectivity index (χ2n) is 9.37. The van der Waals surface area contributed by atoms with E-state index >= 15 is 0 Å². The summed E-state index contributed by atoms with van der Waals surface area (Å²) in [6.45, 7) is 5.03. The largest absolute Gasteiger partial charge is 0.496 e. The summed E-state index contributed by atoms with van der Waals surface area (Å²) in [5.74, 6) is 0.332. The Hall–Kier alpha value is -2.97. The van der Waals surface area contributed by atoms with Crippen LogP contribution in [0.5, 0.6) is 11.5 Å². The number of benzene rings is 2. The first-order valence-electron chi connectivity index (χ1n) is 12.1. The van der Waals surface area contributed by atoms with Gasteiger partial charge < -0.3 is 24.6 Å². The molecule has 0 bridgehead atoms. The number of nitrogens with one attached hydrogen (secondary N) is 1. The fourth-order valence-electron chi connectivity index (χ4n) is 4.93. The number of allylic oxidation sites excluding steroid dienone is 2. The average Bonchev–Trinajstić information content (AvgIpc) is 2.89. The number of aliphatic carboxylic acids is 1. The Kier molecular flexibility index (Phi) is 7.95. The van der Waals surface area contributed by atoms with Gasteiger partial charge in [-0.3, -0.25) is 4.79 Å². The molecule has 7 nitrogen and oxygen atoms in total. The van der Waals surface area contributed by atoms with Gasteiger partial charge in [-0.25, -0.2) is 4.79 Å². The van der Waals surface area contributed by atoms with Gasteiger partial charge in [0, 0.05) is 30.6 Å². The number of ether oxygens (including phenoxy) is 3. The highest BCUT2D eigenvalue weighted by Crippen LogP contribution is 2.53. The third kappa shape index (κ3) is 4.97. The van der Waals surface area contributed by atoms with Crippen molar-refractivity contribution in [3.05, 3.63) is 58.6 Å². The molecule has 8 heteroatoms. The van der Waals surface area contributed by atoms with Crippen LogP contribution < -0.4 is 14.8 Å². The fourth-order valence-corrected chi connectivity index (χ4v) is 6.08. The molecule has 0 radical (unpaired) electrons. The summed E-state index contributed by atoms with van der Waals surface area (Å²) in [7, 11) is 3.18. The van der Waals surface area contributed by atoms with Gasteiger partial charge in [0.1, 0.15) is 17.5 Å². The summed E-state index contributed by atoms with van der Waals surface area (Å²) in [6.07, 6.45) is 1.33. The molecule has 1 spiro atoms. The van der Waals surface area contributed by atoms with Crippen molar-refractivity contribution in [2.45, 2.75) is 44.4 Å². The van der Waals surface area contributed by atoms with E-state index in [0.29, 0.717) is 42.5 Å². The summed E-state index contributed by atoms with van der Waals surface area (Å²) >= 11 is 1.49. The topological polar surface area (TPSA) is 94.1 Å². The Morgan fingerprint density at radius 1 is 1.11 bits per heavy atom. The fraction of sp³-hybridized carbons (Fsp3) is 0.429. The van der Waals surface area contributed by atoms with E-state index in [-0.39, 0.29) is 17.5 Å². The molecule has 1 saturated heterocycles. The molecule has 4 rings (SSSR count). The van der Waals surface area contributed by atoms with Crippen LogP contribution in [-0.2, 0) is 20.7 Å². The molecular formula is C28H33NO6S. The number of hydrogen-bond acceptors (Lipinski definition) is 7. The highest BCUT2D eigenvalue weighted by molar-refractivity contribution is 8.04. The lowest BCUT2D eigenvalue weighted by Gasteiger charge is -2.47. The highest BCUT2D eigenvalue weighted by atomic mass is 32.2. The number of thioether (sulfide) groups is 1. The van der Waals surface area contributed by atoms with Crippen molar-refractivity contribution in [3.63, 3.8) is 0 Å². The van der Waals surface area contributed by atoms with E-state index in [1.165, 1.54) is 11.8 Å². The molecule has 36 heavy (non-hydrogen) atoms. The van der Waals surface area contributed by atoms with Gasteiger partial charge >= 0.3 is 5.97 Å². The van der Waals surface area contributed by atoms with Crippen LogP contribution in [0.1, 0.15) is 32.3 Å². The molecule has 0 unspecified atom stereocenters. The Balaban J connectivity index is 1.67. The number of carboxylic acid groups (broad SMARTS) is 1. The summed E-state index contributed by atoms with van der Waals surface area (Å²) in [4.78, 5) is 26.2. The maximum Gasteiger partial charge on any atom is 0.326 e. The Morgan fingerprint density at radius 2 is 1.72 bits per heavy atom. The van der Waals surface area contributed by atoms with Crippen LogP contribution >= 0.6 is 11.8 Å². The highest BCUT2D eigenvalue weighted by Gasteiger charge is 2.55. The number of carboxylic acids is 1. The monoisotopic (exact) mass is 511 g/mol. The van der Waals surface area contributed by atoms with Crippen LogP contribution in [0.25, 0.3) is 11.1 Å². The van der Waals surface area contributed by atoms with Gasteiger partial charge in [-0.15, -0.1) is 11.8 Å². The minimum atomic E-state index is -0.983. The maximum absolute atomic E-state index is 13.2. The van der Waals surface area contributed by atoms with Crippen LogP contribution in [-0.4, -0.2) is 55.6 Å². The van der Waals surface area contributed by atoms with Crippen LogP contribution in [0.2, 0.25) is 0 Å². The van der Waals surface area contributed by atoms with Gasteiger partial charge in [0.25, 0.3) is 0 Å². The second-order valence-corrected chi connectivity index (χ2v) is 11.0. The quantitative estimate of drug-likeness (QED) is 0.475. The van der Waals surface area contributed by atoms with Crippen LogP contribution in [0.3, 0.4) is 0 Å². The third-order valence-corrected chi connectivity index (χ3v) is 7.83. The number of methoxy groups -OCH3 is 2. The third-order valence-electron chi connectivity index (χ3n) is 6.73. The predicted octanol–water partition coefficient (Wildman–Crippen LogP) is 4.69. The minimum Gasteiger partial charge on any atom is -0.496 e. The molecule has 2 aliphatic rings. The Morgan fingerprint density at radius 3 is 2.25 bits per heavy atom. The smallest absolute Gasteiger partial charge is 0.326 e. The molecule has 2 aromatic rings. The number of carbonyl (C=O) groups excluding carboxylic acids is 1. The molecule has 1 atom stereocenters. The zero-order valence-electron chi connectivity index (χ0n) is 21.1. The number of ketones is 1. The van der Waals surface area contributed by atoms with Crippen LogP contribution in [0, 0.1) is 5.41 Å². The number of rotatable bonds is 10. The molecule has 0 amide bonds. The van der Waals surface area contributed by atoms with Crippen LogP contribution in [0.4, 0.5) is 0 Å². The lowest BCUT2D eigenvalue weighted by Crippen LogP contribution is -2.55. The number of carbonyl (C=O) groups is 2. The van der Waals surface area contributed by atoms with Crippen molar-refractivity contribution < 1.29 is 28.9 Å². The van der Waals surface area contributed by atoms with Gasteiger partial charge in [0.15, 0.2) is 5.78 Å². The standard InChI is InChI=1S/C28H33NO6S/c1-17(2)36-24-25(28(26(24)30)10-12-35-13-11-28)29-20(27(31)32)14-18-15-21(33-3)23(22(16-18)34-4)19-8-6-5-7-9-19/h5-9,15-17,20,29H,10-14H2,1-4H3,(H,31,32)/t20-/m0/s1. The van der Waals surface area contributed by atoms with Crippen molar-refractivity contribution in [2.24, 2.45) is 5.41 Å². The lowest BCUT2D eigenvalue weighted by molar-refractivity contribution is -0.140. The van der Waals surface area contributed by atoms with Crippen molar-refractivity contribution in [1.29, 1.82) is 0 Å². The second kappa shape index (κ2) is 11.0. The van der Waals surface area contributed by atoms with E-state index in [1.807, 2.05) is 56.3 Å². The lowest BCUT2D eigenvalue weighted by atomic mass is 9.65. The Bertz CT molecular complexity index is 1130. The predicted molar refractivity (Wildman–Crippen MR) is 140 cm³/mol. The van der Waals surface area contributed by atoms with Gasteiger partial charge in [-0.2, -0.15) is 0 Å². The molecule has 0 aromatic heterocycles. The first kappa shape index (κ1) is 26.1. The van der Waals surface area contributed by atoms with Crippen molar-refractivity contribution in [3.8, 4) is 22.6 Å². The molecule has 1 fully saturated rings. The zero-order chi connectivity index (χ0) is 25.9. The summed E-state index contributed by atoms with van der Waals surface area (Å²) in [5.41, 5.74) is 2.60. The van der Waals surface area contributed by atoms with E-state index < -0.39 is 17.4 Å². The zero-order valence-corrected chi connectivity index (χ0v) is 21.9. The first-order valence-corrected chi connectivity index (χ1v) is 13.0. The Labute approximate surface area is 216 Å². The van der Waals surface area contributed by atoms with Crippen molar-refractivity contribution in [1.82, 2.24) is 5.32 Å². The van der Waals surface area contributed by atoms with E-state index in [9.17, 15) is 14.7 Å². The first-order chi connectivity index (χ1) is 17.3. The molecule has 192 valence electrons. The molecule has 1 aliphatic heterocycles. The van der Waals surface area contributed by atoms with Gasteiger partial charge in [-0.05, 0) is 36.1 Å². The van der Waals surface area contributed by atoms with Gasteiger partial charge in [-0.1, -0.05) is 44.2 Å². The van der Waals surface area contributed by atoms with E-state index in [2.05, 4.69) is 5.32 Å². The normalized spacial score (nSPS) is 17.6. The average molecular weight is 512 g/mol. The van der Waals surface area contributed by atoms with E-state index in [0.717, 1.165) is 22.4 Å². The molecule has 1 aliphatic carbocycles. The maximum atomic E-state index is 13.2. The molecule has 1 heterocycles. The number of Topliss-reactive ketones (excluding diaryl/α,β-unsaturated/α-hetero) is 1. The van der Waals surface area contributed by atoms with Crippen molar-refractivity contribution >= 4 is 23.5 Å². The van der Waals surface area contributed by atoms with Crippen LogP contribution in [0.15, 0.2) is 53.1 Å². The summed E-state index contributed by atoms with van der Waals surface area (Å²) in [5, 5.41) is 13.6. The summed E-state index contributed by atoms with van der Waals surface area (Å²) < 4.78 is 16.9. The SMILES string of the molecule is COc1cc(C[C@H](NC2=C(SC(C)C)C(=O)C23CCOCC3)C(=O)O)cc(OC)c1-c1ccccc1. The van der Waals surface area contributed by atoms with Gasteiger partial charge in [0.05, 0.1) is 30.1 Å². The molecular weight excluding hydrogens is 478 g/mol. The van der Waals surface area contributed by atoms with Gasteiger partial charge in [0.2, 0.25) is 0 Å². The molecule has 2 N–H and O–H groups in total. The van der Waals surface area contributed by atoms with Crippen molar-refractivity contribution in [2.75, 3.05) is 27.4 Å².